The van der Waals surface area contributed by atoms with Crippen molar-refractivity contribution in [3.05, 3.63) is 129 Å². The van der Waals surface area contributed by atoms with E-state index in [1.165, 1.54) is 18.2 Å². The number of nitrogens with one attached hydrogen (secondary N) is 1. The highest BCUT2D eigenvalue weighted by atomic mass is 35.5. The molecule has 0 saturated carbocycles. The van der Waals surface area contributed by atoms with Gasteiger partial charge in [0.2, 0.25) is 0 Å². The zero-order valence-electron chi connectivity index (χ0n) is 27.3. The van der Waals surface area contributed by atoms with E-state index in [9.17, 15) is 9.59 Å². The quantitative estimate of drug-likeness (QED) is 0.172. The molecule has 47 heavy (non-hydrogen) atoms. The molecule has 8 nitrogen and oxygen atoms in total. The molecule has 2 aliphatic heterocycles. The highest BCUT2D eigenvalue weighted by molar-refractivity contribution is 6.31. The molecule has 2 aliphatic rings. The first-order chi connectivity index (χ1) is 22.7. The van der Waals surface area contributed by atoms with Crippen LogP contribution in [0, 0.1) is 0 Å². The van der Waals surface area contributed by atoms with Crippen molar-refractivity contribution in [2.45, 2.75) is 44.1 Å². The SMILES string of the molecule is COC(=O)C1=C(C)NC(COCCN)=C(C(=O)O[C@@]2(C)CCN(CCC(c3ccccc3)c3ccccc3)C2)[C@H]1c1ccccc1Cl. The number of dihydropyridines is 1. The third-order valence-electron chi connectivity index (χ3n) is 8.99. The minimum Gasteiger partial charge on any atom is -0.466 e. The van der Waals surface area contributed by atoms with Crippen LogP contribution >= 0.6 is 11.6 Å². The predicted molar refractivity (Wildman–Crippen MR) is 184 cm³/mol. The molecule has 3 aromatic carbocycles. The fourth-order valence-electron chi connectivity index (χ4n) is 6.70. The first-order valence-electron chi connectivity index (χ1n) is 16.1. The van der Waals surface area contributed by atoms with Gasteiger partial charge in [-0.3, -0.25) is 4.90 Å². The van der Waals surface area contributed by atoms with Crippen molar-refractivity contribution in [3.63, 3.8) is 0 Å². The smallest absolute Gasteiger partial charge is 0.337 e. The molecule has 5 rings (SSSR count). The lowest BCUT2D eigenvalue weighted by atomic mass is 9.80. The molecule has 3 N–H and O–H groups in total. The van der Waals surface area contributed by atoms with E-state index in [-0.39, 0.29) is 18.1 Å². The number of likely N-dealkylation sites (tertiary alicyclic amines) is 1. The maximum absolute atomic E-state index is 14.4. The van der Waals surface area contributed by atoms with E-state index in [1.807, 2.05) is 37.3 Å². The first-order valence-corrected chi connectivity index (χ1v) is 16.5. The molecule has 0 radical (unpaired) electrons. The number of ether oxygens (including phenoxy) is 3. The second kappa shape index (κ2) is 15.8. The molecule has 0 amide bonds. The highest BCUT2D eigenvalue weighted by Gasteiger charge is 2.43. The number of hydrogen-bond acceptors (Lipinski definition) is 8. The number of halogens is 1. The van der Waals surface area contributed by atoms with Gasteiger partial charge in [-0.15, -0.1) is 0 Å². The molecule has 1 saturated heterocycles. The van der Waals surface area contributed by atoms with Crippen molar-refractivity contribution >= 4 is 23.5 Å². The fourth-order valence-corrected chi connectivity index (χ4v) is 6.94. The Labute approximate surface area is 282 Å². The standard InChI is InChI=1S/C38H44ClN3O5/c1-26-33(36(43)45-3)34(30-16-10-11-17-31(30)39)35(32(41-26)24-46-23-20-40)37(44)47-38(2)19-22-42(25-38)21-18-29(27-12-6-4-7-13-27)28-14-8-5-9-15-28/h4-17,29,34,41H,18-25,40H2,1-3H3/t34-,38-/m0/s1. The van der Waals surface area contributed by atoms with Crippen LogP contribution in [0.3, 0.4) is 0 Å². The summed E-state index contributed by atoms with van der Waals surface area (Å²) in [6.45, 7) is 6.69. The number of methoxy groups -OCH3 is 1. The fraction of sp³-hybridized carbons (Fsp3) is 0.368. The Balaban J connectivity index is 1.39. The van der Waals surface area contributed by atoms with Gasteiger partial charge in [0.15, 0.2) is 0 Å². The van der Waals surface area contributed by atoms with Crippen LogP contribution in [0.15, 0.2) is 107 Å². The highest BCUT2D eigenvalue weighted by Crippen LogP contribution is 2.43. The van der Waals surface area contributed by atoms with Crippen LogP contribution in [0.25, 0.3) is 0 Å². The normalized spacial score (nSPS) is 20.0. The average Bonchev–Trinajstić information content (AvgIpc) is 3.45. The van der Waals surface area contributed by atoms with Crippen molar-refractivity contribution in [1.82, 2.24) is 10.2 Å². The van der Waals surface area contributed by atoms with E-state index in [0.717, 1.165) is 19.5 Å². The average molecular weight is 658 g/mol. The van der Waals surface area contributed by atoms with Crippen LogP contribution in [0.2, 0.25) is 5.02 Å². The third-order valence-corrected chi connectivity index (χ3v) is 9.33. The van der Waals surface area contributed by atoms with Crippen molar-refractivity contribution in [2.75, 3.05) is 46.5 Å². The lowest BCUT2D eigenvalue weighted by molar-refractivity contribution is -0.152. The second-order valence-electron chi connectivity index (χ2n) is 12.4. The summed E-state index contributed by atoms with van der Waals surface area (Å²) in [4.78, 5) is 29.9. The number of rotatable bonds is 13. The van der Waals surface area contributed by atoms with E-state index in [2.05, 4.69) is 58.7 Å². The summed E-state index contributed by atoms with van der Waals surface area (Å²) in [7, 11) is 1.32. The minimum absolute atomic E-state index is 0.0809. The van der Waals surface area contributed by atoms with Gasteiger partial charge in [-0.2, -0.15) is 0 Å². The molecule has 3 aromatic rings. The predicted octanol–water partition coefficient (Wildman–Crippen LogP) is 5.93. The monoisotopic (exact) mass is 657 g/mol. The van der Waals surface area contributed by atoms with E-state index < -0.39 is 23.5 Å². The van der Waals surface area contributed by atoms with Gasteiger partial charge in [-0.05, 0) is 49.6 Å². The van der Waals surface area contributed by atoms with Gasteiger partial charge >= 0.3 is 11.9 Å². The van der Waals surface area contributed by atoms with Gasteiger partial charge in [0.25, 0.3) is 0 Å². The number of esters is 2. The molecule has 248 valence electrons. The summed E-state index contributed by atoms with van der Waals surface area (Å²) in [5.74, 6) is -1.65. The van der Waals surface area contributed by atoms with Gasteiger partial charge < -0.3 is 25.3 Å². The molecule has 2 atom stereocenters. The minimum atomic E-state index is -0.819. The van der Waals surface area contributed by atoms with Crippen molar-refractivity contribution in [1.29, 1.82) is 0 Å². The van der Waals surface area contributed by atoms with Crippen LogP contribution in [0.1, 0.15) is 55.2 Å². The van der Waals surface area contributed by atoms with Gasteiger partial charge in [-0.25, -0.2) is 9.59 Å². The molecular weight excluding hydrogens is 614 g/mol. The van der Waals surface area contributed by atoms with E-state index in [0.29, 0.717) is 53.7 Å². The Hall–Kier alpha value is -3.95. The molecule has 0 unspecified atom stereocenters. The van der Waals surface area contributed by atoms with Gasteiger partial charge in [0.1, 0.15) is 5.60 Å². The Kier molecular flexibility index (Phi) is 11.5. The van der Waals surface area contributed by atoms with Gasteiger partial charge in [0.05, 0.1) is 43.1 Å². The van der Waals surface area contributed by atoms with Crippen LogP contribution in [0.4, 0.5) is 0 Å². The van der Waals surface area contributed by atoms with Crippen LogP contribution < -0.4 is 11.1 Å². The van der Waals surface area contributed by atoms with E-state index >= 15 is 0 Å². The summed E-state index contributed by atoms with van der Waals surface area (Å²) >= 11 is 6.70. The van der Waals surface area contributed by atoms with Crippen molar-refractivity contribution in [2.24, 2.45) is 5.73 Å². The molecule has 0 aromatic heterocycles. The number of nitrogens with two attached hydrogens (primary N) is 1. The van der Waals surface area contributed by atoms with Crippen LogP contribution in [-0.4, -0.2) is 68.9 Å². The second-order valence-corrected chi connectivity index (χ2v) is 12.8. The summed E-state index contributed by atoms with van der Waals surface area (Å²) in [6.07, 6.45) is 1.60. The zero-order chi connectivity index (χ0) is 33.4. The number of carbonyl (C=O) groups excluding carboxylic acids is 2. The number of carbonyl (C=O) groups is 2. The van der Waals surface area contributed by atoms with E-state index in [1.54, 1.807) is 13.0 Å². The van der Waals surface area contributed by atoms with Gasteiger partial charge in [-0.1, -0.05) is 90.5 Å². The summed E-state index contributed by atoms with van der Waals surface area (Å²) in [6, 6.07) is 28.3. The lowest BCUT2D eigenvalue weighted by Gasteiger charge is -2.34. The molecular formula is C38H44ClN3O5. The van der Waals surface area contributed by atoms with Crippen LogP contribution in [0.5, 0.6) is 0 Å². The Morgan fingerprint density at radius 3 is 2.23 bits per heavy atom. The number of benzene rings is 3. The molecule has 0 aliphatic carbocycles. The van der Waals surface area contributed by atoms with Crippen molar-refractivity contribution < 1.29 is 23.8 Å². The van der Waals surface area contributed by atoms with E-state index in [4.69, 9.17) is 31.5 Å². The Morgan fingerprint density at radius 2 is 1.62 bits per heavy atom. The number of allylic oxidation sites excluding steroid dienone is 1. The maximum Gasteiger partial charge on any atom is 0.337 e. The summed E-state index contributed by atoms with van der Waals surface area (Å²) in [5.41, 5.74) is 9.73. The summed E-state index contributed by atoms with van der Waals surface area (Å²) in [5, 5.41) is 3.66. The molecule has 1 fully saturated rings. The molecule has 9 heteroatoms. The lowest BCUT2D eigenvalue weighted by Crippen LogP contribution is -2.40. The van der Waals surface area contributed by atoms with Crippen LogP contribution in [-0.2, 0) is 23.8 Å². The number of nitrogens with zero attached hydrogens (tertiary/aromatic N) is 1. The topological polar surface area (TPSA) is 103 Å². The molecule has 2 heterocycles. The van der Waals surface area contributed by atoms with Gasteiger partial charge in [0, 0.05) is 42.7 Å². The zero-order valence-corrected chi connectivity index (χ0v) is 28.1. The Morgan fingerprint density at radius 1 is 0.979 bits per heavy atom. The molecule has 0 bridgehead atoms. The third kappa shape index (κ3) is 8.14. The molecule has 0 spiro atoms. The largest absolute Gasteiger partial charge is 0.466 e. The van der Waals surface area contributed by atoms with Crippen molar-refractivity contribution in [3.8, 4) is 0 Å². The first kappa shape index (κ1) is 34.4. The summed E-state index contributed by atoms with van der Waals surface area (Å²) < 4.78 is 17.4. The maximum atomic E-state index is 14.4. The Bertz CT molecular complexity index is 1570. The number of hydrogen-bond donors (Lipinski definition) is 2.